The molecule has 0 aliphatic carbocycles. The van der Waals surface area contributed by atoms with Crippen molar-refractivity contribution in [3.8, 4) is 11.5 Å². The number of hydrogen-bond acceptors (Lipinski definition) is 6. The number of piperazine rings is 1. The number of ether oxygens (including phenoxy) is 3. The highest BCUT2D eigenvalue weighted by Crippen LogP contribution is 2.20. The van der Waals surface area contributed by atoms with Crippen LogP contribution in [0.5, 0.6) is 11.5 Å². The number of carbonyl (C=O) groups is 2. The normalized spacial score (nSPS) is 13.8. The fraction of sp³-hybridized carbons (Fsp3) is 0.440. The quantitative estimate of drug-likeness (QED) is 0.555. The molecule has 172 valence electrons. The third-order valence-electron chi connectivity index (χ3n) is 5.45. The Morgan fingerprint density at radius 1 is 0.906 bits per heavy atom. The molecule has 2 aromatic rings. The summed E-state index contributed by atoms with van der Waals surface area (Å²) in [5.74, 6) is 1.42. The van der Waals surface area contributed by atoms with Crippen molar-refractivity contribution in [1.29, 1.82) is 0 Å². The van der Waals surface area contributed by atoms with E-state index in [-0.39, 0.29) is 12.5 Å². The Morgan fingerprint density at radius 3 is 2.12 bits per heavy atom. The van der Waals surface area contributed by atoms with E-state index in [1.165, 1.54) is 0 Å². The minimum atomic E-state index is -0.510. The Kier molecular flexibility index (Phi) is 8.36. The van der Waals surface area contributed by atoms with Crippen LogP contribution in [-0.2, 0) is 9.53 Å². The van der Waals surface area contributed by atoms with Gasteiger partial charge in [0.25, 0.3) is 5.91 Å². The van der Waals surface area contributed by atoms with Crippen LogP contribution in [0, 0.1) is 5.92 Å². The number of anilines is 1. The predicted molar refractivity (Wildman–Crippen MR) is 123 cm³/mol. The third kappa shape index (κ3) is 6.64. The summed E-state index contributed by atoms with van der Waals surface area (Å²) in [6.07, 6.45) is 0.972. The lowest BCUT2D eigenvalue weighted by molar-refractivity contribution is -0.134. The first-order valence-electron chi connectivity index (χ1n) is 11.0. The monoisotopic (exact) mass is 440 g/mol. The van der Waals surface area contributed by atoms with Gasteiger partial charge in [-0.2, -0.15) is 0 Å². The first-order chi connectivity index (χ1) is 15.5. The molecule has 0 spiro atoms. The van der Waals surface area contributed by atoms with E-state index in [0.717, 1.165) is 30.9 Å². The molecule has 0 aromatic heterocycles. The predicted octanol–water partition coefficient (Wildman–Crippen LogP) is 3.63. The molecule has 1 amide bonds. The lowest BCUT2D eigenvalue weighted by Crippen LogP contribution is -2.49. The summed E-state index contributed by atoms with van der Waals surface area (Å²) in [7, 11) is 1.64. The Balaban J connectivity index is 1.41. The van der Waals surface area contributed by atoms with Gasteiger partial charge in [0.15, 0.2) is 6.61 Å². The highest BCUT2D eigenvalue weighted by molar-refractivity contribution is 5.91. The maximum Gasteiger partial charge on any atom is 0.338 e. The van der Waals surface area contributed by atoms with Gasteiger partial charge in [-0.15, -0.1) is 0 Å². The Morgan fingerprint density at radius 2 is 1.53 bits per heavy atom. The molecule has 0 saturated carbocycles. The molecule has 7 nitrogen and oxygen atoms in total. The van der Waals surface area contributed by atoms with Crippen LogP contribution in [-0.4, -0.2) is 63.3 Å². The van der Waals surface area contributed by atoms with Crippen molar-refractivity contribution in [1.82, 2.24) is 4.90 Å². The van der Waals surface area contributed by atoms with Crippen LogP contribution in [0.25, 0.3) is 0 Å². The van der Waals surface area contributed by atoms with Gasteiger partial charge in [-0.3, -0.25) is 4.79 Å². The molecule has 1 aliphatic rings. The Hall–Kier alpha value is -3.22. The summed E-state index contributed by atoms with van der Waals surface area (Å²) in [4.78, 5) is 28.7. The zero-order valence-corrected chi connectivity index (χ0v) is 19.1. The minimum Gasteiger partial charge on any atom is -0.497 e. The fourth-order valence-corrected chi connectivity index (χ4v) is 3.41. The smallest absolute Gasteiger partial charge is 0.338 e. The molecule has 1 saturated heterocycles. The van der Waals surface area contributed by atoms with Crippen molar-refractivity contribution in [2.45, 2.75) is 20.3 Å². The van der Waals surface area contributed by atoms with Gasteiger partial charge in [0.05, 0.1) is 19.3 Å². The minimum absolute atomic E-state index is 0.179. The average Bonchev–Trinajstić information content (AvgIpc) is 2.82. The SMILES string of the molecule is COc1ccc(N2CCN(C(=O)COC(=O)c3ccc(OCCC(C)C)cc3)CC2)cc1. The fourth-order valence-electron chi connectivity index (χ4n) is 3.41. The van der Waals surface area contributed by atoms with Gasteiger partial charge in [-0.1, -0.05) is 13.8 Å². The van der Waals surface area contributed by atoms with E-state index in [2.05, 4.69) is 18.7 Å². The highest BCUT2D eigenvalue weighted by Gasteiger charge is 2.22. The number of amides is 1. The molecule has 0 N–H and O–H groups in total. The molecule has 32 heavy (non-hydrogen) atoms. The highest BCUT2D eigenvalue weighted by atomic mass is 16.5. The van der Waals surface area contributed by atoms with E-state index in [1.807, 2.05) is 24.3 Å². The molecule has 0 atom stereocenters. The maximum atomic E-state index is 12.5. The third-order valence-corrected chi connectivity index (χ3v) is 5.45. The molecular formula is C25H32N2O5. The van der Waals surface area contributed by atoms with Gasteiger partial charge in [0, 0.05) is 31.9 Å². The Bertz CT molecular complexity index is 872. The van der Waals surface area contributed by atoms with Crippen molar-refractivity contribution in [2.24, 2.45) is 5.92 Å². The summed E-state index contributed by atoms with van der Waals surface area (Å²) < 4.78 is 16.1. The summed E-state index contributed by atoms with van der Waals surface area (Å²) >= 11 is 0. The van der Waals surface area contributed by atoms with Gasteiger partial charge in [-0.25, -0.2) is 4.79 Å². The summed E-state index contributed by atoms with van der Waals surface area (Å²) in [5.41, 5.74) is 1.50. The second-order valence-electron chi connectivity index (χ2n) is 8.20. The second kappa shape index (κ2) is 11.4. The van der Waals surface area contributed by atoms with Crippen LogP contribution in [0.1, 0.15) is 30.6 Å². The molecule has 1 heterocycles. The summed E-state index contributed by atoms with van der Waals surface area (Å²) in [6, 6.07) is 14.7. The average molecular weight is 441 g/mol. The van der Waals surface area contributed by atoms with E-state index in [1.54, 1.807) is 36.3 Å². The number of methoxy groups -OCH3 is 1. The van der Waals surface area contributed by atoms with Crippen molar-refractivity contribution in [3.63, 3.8) is 0 Å². The molecule has 0 radical (unpaired) electrons. The summed E-state index contributed by atoms with van der Waals surface area (Å²) in [6.45, 7) is 7.30. The lowest BCUT2D eigenvalue weighted by atomic mass is 10.1. The second-order valence-corrected chi connectivity index (χ2v) is 8.20. The van der Waals surface area contributed by atoms with E-state index in [0.29, 0.717) is 36.9 Å². The van der Waals surface area contributed by atoms with Crippen LogP contribution in [0.2, 0.25) is 0 Å². The maximum absolute atomic E-state index is 12.5. The van der Waals surface area contributed by atoms with Gasteiger partial charge in [0.1, 0.15) is 11.5 Å². The number of nitrogens with zero attached hydrogens (tertiary/aromatic N) is 2. The number of carbonyl (C=O) groups excluding carboxylic acids is 2. The molecule has 3 rings (SSSR count). The van der Waals surface area contributed by atoms with Crippen molar-refractivity contribution in [3.05, 3.63) is 54.1 Å². The largest absolute Gasteiger partial charge is 0.497 e. The molecule has 0 unspecified atom stereocenters. The van der Waals surface area contributed by atoms with Gasteiger partial charge in [0.2, 0.25) is 0 Å². The standard InChI is InChI=1S/C25H32N2O5/c1-19(2)12-17-31-23-8-4-20(5-9-23)25(29)32-18-24(28)27-15-13-26(14-16-27)21-6-10-22(30-3)11-7-21/h4-11,19H,12-18H2,1-3H3. The van der Waals surface area contributed by atoms with E-state index < -0.39 is 5.97 Å². The van der Waals surface area contributed by atoms with Crippen LogP contribution in [0.15, 0.2) is 48.5 Å². The molecular weight excluding hydrogens is 408 g/mol. The number of hydrogen-bond donors (Lipinski definition) is 0. The van der Waals surface area contributed by atoms with Gasteiger partial charge in [-0.05, 0) is 60.9 Å². The van der Waals surface area contributed by atoms with Gasteiger partial charge < -0.3 is 24.0 Å². The van der Waals surface area contributed by atoms with E-state index >= 15 is 0 Å². The summed E-state index contributed by atoms with van der Waals surface area (Å²) in [5, 5.41) is 0. The molecule has 2 aromatic carbocycles. The molecule has 7 heteroatoms. The van der Waals surface area contributed by atoms with Crippen molar-refractivity contribution >= 4 is 17.6 Å². The van der Waals surface area contributed by atoms with Crippen molar-refractivity contribution < 1.29 is 23.8 Å². The van der Waals surface area contributed by atoms with E-state index in [4.69, 9.17) is 14.2 Å². The zero-order chi connectivity index (χ0) is 22.9. The first-order valence-corrected chi connectivity index (χ1v) is 11.0. The molecule has 0 bridgehead atoms. The Labute approximate surface area is 189 Å². The van der Waals surface area contributed by atoms with Crippen molar-refractivity contribution in [2.75, 3.05) is 51.4 Å². The number of benzene rings is 2. The molecule has 1 aliphatic heterocycles. The zero-order valence-electron chi connectivity index (χ0n) is 19.1. The van der Waals surface area contributed by atoms with Crippen LogP contribution >= 0.6 is 0 Å². The number of rotatable bonds is 9. The van der Waals surface area contributed by atoms with Crippen LogP contribution in [0.4, 0.5) is 5.69 Å². The van der Waals surface area contributed by atoms with Crippen LogP contribution in [0.3, 0.4) is 0 Å². The van der Waals surface area contributed by atoms with Gasteiger partial charge >= 0.3 is 5.97 Å². The first kappa shape index (κ1) is 23.4. The molecule has 1 fully saturated rings. The lowest BCUT2D eigenvalue weighted by Gasteiger charge is -2.36. The van der Waals surface area contributed by atoms with E-state index in [9.17, 15) is 9.59 Å². The topological polar surface area (TPSA) is 68.3 Å². The number of esters is 1. The van der Waals surface area contributed by atoms with Crippen LogP contribution < -0.4 is 14.4 Å².